The van der Waals surface area contributed by atoms with Crippen molar-refractivity contribution in [2.45, 2.75) is 19.3 Å². The number of methoxy groups -OCH3 is 1. The van der Waals surface area contributed by atoms with Gasteiger partial charge in [0.05, 0.1) is 18.5 Å². The minimum atomic E-state index is 0.0243. The van der Waals surface area contributed by atoms with E-state index in [9.17, 15) is 4.79 Å². The lowest BCUT2D eigenvalue weighted by Crippen LogP contribution is -2.27. The Kier molecular flexibility index (Phi) is 6.39. The summed E-state index contributed by atoms with van der Waals surface area (Å²) in [4.78, 5) is 17.8. The number of benzene rings is 2. The highest BCUT2D eigenvalue weighted by Gasteiger charge is 2.06. The Morgan fingerprint density at radius 3 is 2.58 bits per heavy atom. The zero-order valence-electron chi connectivity index (χ0n) is 14.8. The van der Waals surface area contributed by atoms with Gasteiger partial charge >= 0.3 is 0 Å². The molecule has 0 spiro atoms. The van der Waals surface area contributed by atoms with Crippen LogP contribution < -0.4 is 10.1 Å². The first-order valence-electron chi connectivity index (χ1n) is 8.60. The molecule has 1 aromatic heterocycles. The van der Waals surface area contributed by atoms with Crippen molar-refractivity contribution < 1.29 is 9.53 Å². The Balaban J connectivity index is 1.42. The molecule has 0 atom stereocenters. The zero-order chi connectivity index (χ0) is 18.2. The van der Waals surface area contributed by atoms with Crippen LogP contribution in [0.2, 0.25) is 0 Å². The van der Waals surface area contributed by atoms with Crippen LogP contribution in [-0.2, 0) is 24.1 Å². The number of hydrogen-bond donors (Lipinski definition) is 1. The number of nitrogens with zero attached hydrogens (tertiary/aromatic N) is 1. The van der Waals surface area contributed by atoms with Gasteiger partial charge in [0.15, 0.2) is 0 Å². The van der Waals surface area contributed by atoms with E-state index in [1.165, 1.54) is 10.4 Å². The smallest absolute Gasteiger partial charge is 0.224 e. The predicted octanol–water partition coefficient (Wildman–Crippen LogP) is 3.64. The van der Waals surface area contributed by atoms with Gasteiger partial charge in [0, 0.05) is 30.5 Å². The SMILES string of the molecule is COc1ccc(CC(=O)NCCc2ncc(Cc3ccccc3)s2)cc1. The van der Waals surface area contributed by atoms with Crippen molar-refractivity contribution in [3.05, 3.63) is 81.8 Å². The number of thiazole rings is 1. The maximum atomic E-state index is 12.0. The summed E-state index contributed by atoms with van der Waals surface area (Å²) in [6.45, 7) is 0.604. The van der Waals surface area contributed by atoms with E-state index in [0.717, 1.165) is 29.2 Å². The lowest BCUT2D eigenvalue weighted by atomic mass is 10.1. The number of rotatable bonds is 8. The summed E-state index contributed by atoms with van der Waals surface area (Å²) < 4.78 is 5.12. The number of hydrogen-bond acceptors (Lipinski definition) is 4. The van der Waals surface area contributed by atoms with Crippen LogP contribution in [0.1, 0.15) is 21.0 Å². The van der Waals surface area contributed by atoms with E-state index in [4.69, 9.17) is 4.74 Å². The molecule has 1 amide bonds. The first-order chi connectivity index (χ1) is 12.7. The number of carbonyl (C=O) groups is 1. The second-order valence-electron chi connectivity index (χ2n) is 6.01. The molecule has 3 aromatic rings. The Morgan fingerprint density at radius 2 is 1.85 bits per heavy atom. The van der Waals surface area contributed by atoms with Crippen molar-refractivity contribution in [3.8, 4) is 5.75 Å². The van der Waals surface area contributed by atoms with Crippen LogP contribution in [0.4, 0.5) is 0 Å². The number of carbonyl (C=O) groups excluding carboxylic acids is 1. The van der Waals surface area contributed by atoms with Crippen molar-refractivity contribution in [3.63, 3.8) is 0 Å². The van der Waals surface area contributed by atoms with Gasteiger partial charge in [-0.1, -0.05) is 42.5 Å². The van der Waals surface area contributed by atoms with Crippen molar-refractivity contribution >= 4 is 17.2 Å². The number of ether oxygens (including phenoxy) is 1. The monoisotopic (exact) mass is 366 g/mol. The van der Waals surface area contributed by atoms with Gasteiger partial charge in [-0.2, -0.15) is 0 Å². The Labute approximate surface area is 157 Å². The highest BCUT2D eigenvalue weighted by Crippen LogP contribution is 2.17. The molecule has 0 radical (unpaired) electrons. The van der Waals surface area contributed by atoms with E-state index in [2.05, 4.69) is 34.6 Å². The molecule has 0 unspecified atom stereocenters. The summed E-state index contributed by atoms with van der Waals surface area (Å²) in [6, 6.07) is 17.9. The van der Waals surface area contributed by atoms with Crippen molar-refractivity contribution in [1.29, 1.82) is 0 Å². The standard InChI is InChI=1S/C21H22N2O2S/c1-25-18-9-7-17(8-10-18)14-20(24)22-12-11-21-23-15-19(26-21)13-16-5-3-2-4-6-16/h2-10,15H,11-14H2,1H3,(H,22,24). The third-order valence-corrected chi connectivity index (χ3v) is 5.06. The van der Waals surface area contributed by atoms with Gasteiger partial charge in [0.25, 0.3) is 0 Å². The van der Waals surface area contributed by atoms with E-state index in [0.29, 0.717) is 13.0 Å². The van der Waals surface area contributed by atoms with E-state index in [-0.39, 0.29) is 5.91 Å². The summed E-state index contributed by atoms with van der Waals surface area (Å²) in [5.74, 6) is 0.820. The molecular formula is C21H22N2O2S. The summed E-state index contributed by atoms with van der Waals surface area (Å²) in [5.41, 5.74) is 2.26. The third-order valence-electron chi connectivity index (χ3n) is 4.01. The van der Waals surface area contributed by atoms with Gasteiger partial charge in [0.1, 0.15) is 5.75 Å². The molecule has 4 nitrogen and oxygen atoms in total. The predicted molar refractivity (Wildman–Crippen MR) is 105 cm³/mol. The second-order valence-corrected chi connectivity index (χ2v) is 7.21. The normalized spacial score (nSPS) is 10.5. The molecule has 0 aliphatic heterocycles. The number of aromatic nitrogens is 1. The number of nitrogens with one attached hydrogen (secondary N) is 1. The van der Waals surface area contributed by atoms with Crippen molar-refractivity contribution in [1.82, 2.24) is 10.3 Å². The molecule has 134 valence electrons. The molecule has 0 saturated heterocycles. The quantitative estimate of drug-likeness (QED) is 0.662. The molecule has 0 aliphatic carbocycles. The van der Waals surface area contributed by atoms with Gasteiger partial charge in [-0.25, -0.2) is 4.98 Å². The van der Waals surface area contributed by atoms with Gasteiger partial charge in [-0.05, 0) is 23.3 Å². The second kappa shape index (κ2) is 9.15. The molecule has 1 heterocycles. The fourth-order valence-electron chi connectivity index (χ4n) is 2.64. The average Bonchev–Trinajstić information content (AvgIpc) is 3.10. The van der Waals surface area contributed by atoms with Gasteiger partial charge in [0.2, 0.25) is 5.91 Å². The molecular weight excluding hydrogens is 344 g/mol. The first kappa shape index (κ1) is 18.1. The summed E-state index contributed by atoms with van der Waals surface area (Å²) in [6.07, 6.45) is 3.98. The molecule has 1 N–H and O–H groups in total. The molecule has 0 aliphatic rings. The first-order valence-corrected chi connectivity index (χ1v) is 9.42. The summed E-state index contributed by atoms with van der Waals surface area (Å²) >= 11 is 1.71. The summed E-state index contributed by atoms with van der Waals surface area (Å²) in [7, 11) is 1.63. The van der Waals surface area contributed by atoms with E-state index < -0.39 is 0 Å². The minimum Gasteiger partial charge on any atom is -0.497 e. The lowest BCUT2D eigenvalue weighted by Gasteiger charge is -2.05. The fraction of sp³-hybridized carbons (Fsp3) is 0.238. The minimum absolute atomic E-state index is 0.0243. The molecule has 0 fully saturated rings. The van der Waals surface area contributed by atoms with Crippen LogP contribution in [-0.4, -0.2) is 24.5 Å². The van der Waals surface area contributed by atoms with E-state index >= 15 is 0 Å². The molecule has 0 saturated carbocycles. The lowest BCUT2D eigenvalue weighted by molar-refractivity contribution is -0.120. The van der Waals surface area contributed by atoms with Gasteiger partial charge < -0.3 is 10.1 Å². The topological polar surface area (TPSA) is 51.2 Å². The largest absolute Gasteiger partial charge is 0.497 e. The molecule has 2 aromatic carbocycles. The Hall–Kier alpha value is -2.66. The van der Waals surface area contributed by atoms with Crippen LogP contribution in [0.25, 0.3) is 0 Å². The zero-order valence-corrected chi connectivity index (χ0v) is 15.6. The highest BCUT2D eigenvalue weighted by molar-refractivity contribution is 7.11. The van der Waals surface area contributed by atoms with E-state index in [1.807, 2.05) is 36.5 Å². The van der Waals surface area contributed by atoms with Crippen LogP contribution in [0.15, 0.2) is 60.8 Å². The third kappa shape index (κ3) is 5.43. The van der Waals surface area contributed by atoms with Crippen LogP contribution in [0.5, 0.6) is 5.75 Å². The molecule has 5 heteroatoms. The molecule has 3 rings (SSSR count). The Bertz CT molecular complexity index is 829. The van der Waals surface area contributed by atoms with Crippen LogP contribution in [0, 0.1) is 0 Å². The van der Waals surface area contributed by atoms with Crippen molar-refractivity contribution in [2.75, 3.05) is 13.7 Å². The number of amides is 1. The maximum absolute atomic E-state index is 12.0. The molecule has 26 heavy (non-hydrogen) atoms. The van der Waals surface area contributed by atoms with E-state index in [1.54, 1.807) is 18.4 Å². The summed E-state index contributed by atoms with van der Waals surface area (Å²) in [5, 5.41) is 4.02. The molecule has 0 bridgehead atoms. The fourth-order valence-corrected chi connectivity index (χ4v) is 3.60. The maximum Gasteiger partial charge on any atom is 0.224 e. The van der Waals surface area contributed by atoms with Gasteiger partial charge in [-0.15, -0.1) is 11.3 Å². The van der Waals surface area contributed by atoms with Crippen molar-refractivity contribution in [2.24, 2.45) is 0 Å². The average molecular weight is 366 g/mol. The van der Waals surface area contributed by atoms with Crippen LogP contribution in [0.3, 0.4) is 0 Å². The van der Waals surface area contributed by atoms with Gasteiger partial charge in [-0.3, -0.25) is 4.79 Å². The highest BCUT2D eigenvalue weighted by atomic mass is 32.1. The Morgan fingerprint density at radius 1 is 1.08 bits per heavy atom. The van der Waals surface area contributed by atoms with Crippen LogP contribution >= 0.6 is 11.3 Å².